The Labute approximate surface area is 105 Å². The Hall–Kier alpha value is -0.120. The van der Waals surface area contributed by atoms with Crippen LogP contribution >= 0.6 is 0 Å². The zero-order chi connectivity index (χ0) is 12.5. The molecule has 0 saturated carbocycles. The van der Waals surface area contributed by atoms with E-state index in [4.69, 9.17) is 9.47 Å². The number of hydrogen-bond donors (Lipinski definition) is 1. The van der Waals surface area contributed by atoms with Crippen molar-refractivity contribution in [1.82, 2.24) is 5.32 Å². The Morgan fingerprint density at radius 1 is 1.29 bits per heavy atom. The first-order chi connectivity index (χ1) is 7.89. The van der Waals surface area contributed by atoms with Gasteiger partial charge in [-0.25, -0.2) is 0 Å². The van der Waals surface area contributed by atoms with E-state index in [-0.39, 0.29) is 17.3 Å². The van der Waals surface area contributed by atoms with Gasteiger partial charge in [0.2, 0.25) is 0 Å². The van der Waals surface area contributed by atoms with Gasteiger partial charge in [0.15, 0.2) is 0 Å². The summed E-state index contributed by atoms with van der Waals surface area (Å²) < 4.78 is 12.1. The molecule has 0 aromatic rings. The van der Waals surface area contributed by atoms with Gasteiger partial charge < -0.3 is 14.8 Å². The van der Waals surface area contributed by atoms with Gasteiger partial charge in [0.25, 0.3) is 0 Å². The molecule has 0 aromatic heterocycles. The minimum atomic E-state index is -0.141. The molecule has 2 saturated heterocycles. The van der Waals surface area contributed by atoms with Crippen molar-refractivity contribution in [3.8, 4) is 0 Å². The molecule has 0 aromatic carbocycles. The average molecular weight is 241 g/mol. The Bertz CT molecular complexity index is 257. The summed E-state index contributed by atoms with van der Waals surface area (Å²) in [7, 11) is 0. The molecule has 2 unspecified atom stereocenters. The van der Waals surface area contributed by atoms with Crippen LogP contribution in [-0.4, -0.2) is 37.0 Å². The Balaban J connectivity index is 1.75. The Kier molecular flexibility index (Phi) is 3.81. The summed E-state index contributed by atoms with van der Waals surface area (Å²) in [5.41, 5.74) is -0.180. The summed E-state index contributed by atoms with van der Waals surface area (Å²) in [5.74, 6) is 0.813. The third kappa shape index (κ3) is 3.43. The van der Waals surface area contributed by atoms with Crippen LogP contribution in [0.15, 0.2) is 0 Å². The van der Waals surface area contributed by atoms with Gasteiger partial charge in [-0.2, -0.15) is 0 Å². The van der Waals surface area contributed by atoms with Crippen LogP contribution in [0.1, 0.15) is 47.0 Å². The fourth-order valence-corrected chi connectivity index (χ4v) is 3.11. The third-order valence-corrected chi connectivity index (χ3v) is 4.00. The minimum absolute atomic E-state index is 0.0386. The van der Waals surface area contributed by atoms with Crippen molar-refractivity contribution in [2.75, 3.05) is 19.7 Å². The minimum Gasteiger partial charge on any atom is -0.375 e. The van der Waals surface area contributed by atoms with E-state index in [1.54, 1.807) is 0 Å². The molecule has 17 heavy (non-hydrogen) atoms. The van der Waals surface area contributed by atoms with Crippen molar-refractivity contribution in [2.24, 2.45) is 5.92 Å². The quantitative estimate of drug-likeness (QED) is 0.819. The van der Waals surface area contributed by atoms with Gasteiger partial charge in [-0.1, -0.05) is 0 Å². The standard InChI is InChI=1S/C14H27NO2/c1-13(2)9-12(14(3,4)17-13)16-8-6-11-5-7-15-10-11/h11-12,15H,5-10H2,1-4H3. The molecule has 3 heteroatoms. The van der Waals surface area contributed by atoms with E-state index in [2.05, 4.69) is 33.0 Å². The summed E-state index contributed by atoms with van der Waals surface area (Å²) in [6, 6.07) is 0. The van der Waals surface area contributed by atoms with Gasteiger partial charge in [0.05, 0.1) is 17.3 Å². The monoisotopic (exact) mass is 241 g/mol. The summed E-state index contributed by atoms with van der Waals surface area (Å²) in [6.07, 6.45) is 3.73. The average Bonchev–Trinajstić information content (AvgIpc) is 2.72. The molecule has 0 bridgehead atoms. The fourth-order valence-electron chi connectivity index (χ4n) is 3.11. The molecule has 0 amide bonds. The molecule has 2 heterocycles. The Morgan fingerprint density at radius 2 is 2.06 bits per heavy atom. The zero-order valence-corrected chi connectivity index (χ0v) is 11.7. The van der Waals surface area contributed by atoms with Crippen LogP contribution in [0.5, 0.6) is 0 Å². The van der Waals surface area contributed by atoms with Gasteiger partial charge in [0, 0.05) is 13.0 Å². The van der Waals surface area contributed by atoms with Crippen molar-refractivity contribution >= 4 is 0 Å². The highest BCUT2D eigenvalue weighted by atomic mass is 16.6. The van der Waals surface area contributed by atoms with E-state index in [0.717, 1.165) is 18.9 Å². The zero-order valence-electron chi connectivity index (χ0n) is 11.7. The van der Waals surface area contributed by atoms with Crippen LogP contribution in [0.2, 0.25) is 0 Å². The van der Waals surface area contributed by atoms with E-state index in [1.165, 1.54) is 25.9 Å². The van der Waals surface area contributed by atoms with E-state index in [1.807, 2.05) is 0 Å². The number of nitrogens with one attached hydrogen (secondary N) is 1. The smallest absolute Gasteiger partial charge is 0.0895 e. The first-order valence-corrected chi connectivity index (χ1v) is 6.91. The lowest BCUT2D eigenvalue weighted by Crippen LogP contribution is -2.35. The maximum Gasteiger partial charge on any atom is 0.0895 e. The maximum absolute atomic E-state index is 6.06. The highest BCUT2D eigenvalue weighted by Gasteiger charge is 2.46. The lowest BCUT2D eigenvalue weighted by Gasteiger charge is -2.27. The van der Waals surface area contributed by atoms with Crippen LogP contribution in [0.25, 0.3) is 0 Å². The van der Waals surface area contributed by atoms with Crippen LogP contribution in [0.3, 0.4) is 0 Å². The van der Waals surface area contributed by atoms with Crippen LogP contribution in [-0.2, 0) is 9.47 Å². The molecule has 0 radical (unpaired) electrons. The maximum atomic E-state index is 6.06. The van der Waals surface area contributed by atoms with Gasteiger partial charge in [-0.05, 0) is 59.5 Å². The first-order valence-electron chi connectivity index (χ1n) is 6.91. The van der Waals surface area contributed by atoms with Crippen LogP contribution < -0.4 is 5.32 Å². The van der Waals surface area contributed by atoms with Crippen LogP contribution in [0.4, 0.5) is 0 Å². The molecule has 100 valence electrons. The summed E-state index contributed by atoms with van der Waals surface area (Å²) >= 11 is 0. The highest BCUT2D eigenvalue weighted by Crippen LogP contribution is 2.39. The van der Waals surface area contributed by atoms with Crippen molar-refractivity contribution < 1.29 is 9.47 Å². The molecule has 2 fully saturated rings. The second-order valence-corrected chi connectivity index (χ2v) is 6.68. The van der Waals surface area contributed by atoms with E-state index in [0.29, 0.717) is 0 Å². The molecule has 0 aliphatic carbocycles. The lowest BCUT2D eigenvalue weighted by molar-refractivity contribution is -0.104. The lowest BCUT2D eigenvalue weighted by atomic mass is 9.97. The van der Waals surface area contributed by atoms with Crippen molar-refractivity contribution in [3.05, 3.63) is 0 Å². The first kappa shape index (κ1) is 13.3. The molecule has 2 rings (SSSR count). The molecule has 2 atom stereocenters. The van der Waals surface area contributed by atoms with Gasteiger partial charge in [-0.15, -0.1) is 0 Å². The number of ether oxygens (including phenoxy) is 2. The molecule has 2 aliphatic heterocycles. The van der Waals surface area contributed by atoms with E-state index in [9.17, 15) is 0 Å². The van der Waals surface area contributed by atoms with Gasteiger partial charge >= 0.3 is 0 Å². The highest BCUT2D eigenvalue weighted by molar-refractivity contribution is 4.95. The van der Waals surface area contributed by atoms with E-state index < -0.39 is 0 Å². The largest absolute Gasteiger partial charge is 0.375 e. The molecular weight excluding hydrogens is 214 g/mol. The van der Waals surface area contributed by atoms with Gasteiger partial charge in [0.1, 0.15) is 0 Å². The normalized spacial score (nSPS) is 35.3. The van der Waals surface area contributed by atoms with Gasteiger partial charge in [-0.3, -0.25) is 0 Å². The van der Waals surface area contributed by atoms with Crippen LogP contribution in [0, 0.1) is 5.92 Å². The number of hydrogen-bond acceptors (Lipinski definition) is 3. The molecule has 0 spiro atoms. The second kappa shape index (κ2) is 4.87. The topological polar surface area (TPSA) is 30.5 Å². The molecular formula is C14H27NO2. The Morgan fingerprint density at radius 3 is 2.59 bits per heavy atom. The molecule has 1 N–H and O–H groups in total. The van der Waals surface area contributed by atoms with Crippen molar-refractivity contribution in [1.29, 1.82) is 0 Å². The summed E-state index contributed by atoms with van der Waals surface area (Å²) in [5, 5.41) is 3.40. The predicted octanol–water partition coefficient (Wildman–Crippen LogP) is 2.35. The molecule has 2 aliphatic rings. The SMILES string of the molecule is CC1(C)CC(OCCC2CCNC2)C(C)(C)O1. The second-order valence-electron chi connectivity index (χ2n) is 6.68. The predicted molar refractivity (Wildman–Crippen MR) is 69.2 cm³/mol. The summed E-state index contributed by atoms with van der Waals surface area (Å²) in [4.78, 5) is 0. The van der Waals surface area contributed by atoms with Crippen molar-refractivity contribution in [2.45, 2.75) is 64.3 Å². The fraction of sp³-hybridized carbons (Fsp3) is 1.00. The van der Waals surface area contributed by atoms with Crippen molar-refractivity contribution in [3.63, 3.8) is 0 Å². The summed E-state index contributed by atoms with van der Waals surface area (Å²) in [6.45, 7) is 11.8. The molecule has 3 nitrogen and oxygen atoms in total. The van der Waals surface area contributed by atoms with E-state index >= 15 is 0 Å². The number of rotatable bonds is 4. The third-order valence-electron chi connectivity index (χ3n) is 4.00.